The number of nitrogens with one attached hydrogen (secondary N) is 1. The number of carbonyl (C=O) groups excluding carboxylic acids is 1. The lowest BCUT2D eigenvalue weighted by Gasteiger charge is -2.21. The SMILES string of the molecule is Cc1ccc(NC(=O)COC2CCCCC2)c(OCc2ccccc2)c1. The van der Waals surface area contributed by atoms with Gasteiger partial charge in [-0.15, -0.1) is 0 Å². The summed E-state index contributed by atoms with van der Waals surface area (Å²) in [5.74, 6) is 0.545. The molecule has 0 unspecified atom stereocenters. The first-order chi connectivity index (χ1) is 12.7. The van der Waals surface area contributed by atoms with Crippen molar-refractivity contribution in [2.24, 2.45) is 0 Å². The van der Waals surface area contributed by atoms with E-state index in [-0.39, 0.29) is 18.6 Å². The van der Waals surface area contributed by atoms with Crippen molar-refractivity contribution in [2.75, 3.05) is 11.9 Å². The molecule has 3 rings (SSSR count). The average Bonchev–Trinajstić information content (AvgIpc) is 2.68. The summed E-state index contributed by atoms with van der Waals surface area (Å²) in [5, 5.41) is 2.92. The van der Waals surface area contributed by atoms with E-state index in [0.29, 0.717) is 18.0 Å². The van der Waals surface area contributed by atoms with E-state index >= 15 is 0 Å². The number of hydrogen-bond acceptors (Lipinski definition) is 3. The van der Waals surface area contributed by atoms with Crippen LogP contribution in [0.2, 0.25) is 0 Å². The molecule has 1 saturated carbocycles. The van der Waals surface area contributed by atoms with Gasteiger partial charge in [0, 0.05) is 0 Å². The lowest BCUT2D eigenvalue weighted by molar-refractivity contribution is -0.123. The van der Waals surface area contributed by atoms with Gasteiger partial charge in [-0.05, 0) is 43.0 Å². The molecule has 1 aliphatic rings. The first kappa shape index (κ1) is 18.5. The van der Waals surface area contributed by atoms with Crippen LogP contribution in [0.1, 0.15) is 43.2 Å². The van der Waals surface area contributed by atoms with Crippen molar-refractivity contribution in [1.29, 1.82) is 0 Å². The third-order valence-corrected chi connectivity index (χ3v) is 4.65. The highest BCUT2D eigenvalue weighted by atomic mass is 16.5. The third-order valence-electron chi connectivity index (χ3n) is 4.65. The maximum Gasteiger partial charge on any atom is 0.250 e. The molecule has 0 bridgehead atoms. The van der Waals surface area contributed by atoms with Gasteiger partial charge in [0.1, 0.15) is 19.0 Å². The van der Waals surface area contributed by atoms with Gasteiger partial charge in [-0.1, -0.05) is 55.7 Å². The highest BCUT2D eigenvalue weighted by molar-refractivity contribution is 5.93. The zero-order valence-corrected chi connectivity index (χ0v) is 15.4. The van der Waals surface area contributed by atoms with Gasteiger partial charge < -0.3 is 14.8 Å². The summed E-state index contributed by atoms with van der Waals surface area (Å²) in [6.07, 6.45) is 6.01. The van der Waals surface area contributed by atoms with Crippen molar-refractivity contribution < 1.29 is 14.3 Å². The second-order valence-corrected chi connectivity index (χ2v) is 6.89. The van der Waals surface area contributed by atoms with E-state index in [0.717, 1.165) is 24.0 Å². The van der Waals surface area contributed by atoms with Gasteiger partial charge >= 0.3 is 0 Å². The summed E-state index contributed by atoms with van der Waals surface area (Å²) in [7, 11) is 0. The number of ether oxygens (including phenoxy) is 2. The Labute approximate surface area is 155 Å². The lowest BCUT2D eigenvalue weighted by atomic mass is 9.98. The lowest BCUT2D eigenvalue weighted by Crippen LogP contribution is -2.25. The molecule has 0 aromatic heterocycles. The second-order valence-electron chi connectivity index (χ2n) is 6.89. The van der Waals surface area contributed by atoms with Crippen LogP contribution in [0.4, 0.5) is 5.69 Å². The average molecular weight is 353 g/mol. The van der Waals surface area contributed by atoms with Crippen molar-refractivity contribution in [3.8, 4) is 5.75 Å². The number of aryl methyl sites for hydroxylation is 1. The van der Waals surface area contributed by atoms with Crippen LogP contribution < -0.4 is 10.1 Å². The number of rotatable bonds is 7. The monoisotopic (exact) mass is 353 g/mol. The maximum atomic E-state index is 12.3. The second kappa shape index (κ2) is 9.39. The molecule has 26 heavy (non-hydrogen) atoms. The molecule has 4 heteroatoms. The molecular weight excluding hydrogens is 326 g/mol. The molecule has 1 N–H and O–H groups in total. The first-order valence-corrected chi connectivity index (χ1v) is 9.39. The van der Waals surface area contributed by atoms with Crippen molar-refractivity contribution in [1.82, 2.24) is 0 Å². The highest BCUT2D eigenvalue weighted by Crippen LogP contribution is 2.27. The number of hydrogen-bond donors (Lipinski definition) is 1. The molecule has 1 fully saturated rings. The van der Waals surface area contributed by atoms with E-state index in [1.165, 1.54) is 19.3 Å². The normalized spacial score (nSPS) is 14.8. The molecule has 4 nitrogen and oxygen atoms in total. The van der Waals surface area contributed by atoms with Crippen molar-refractivity contribution in [3.63, 3.8) is 0 Å². The minimum Gasteiger partial charge on any atom is -0.487 e. The Morgan fingerprint density at radius 2 is 1.85 bits per heavy atom. The number of anilines is 1. The van der Waals surface area contributed by atoms with Crippen molar-refractivity contribution in [2.45, 2.75) is 51.7 Å². The predicted octanol–water partition coefficient (Wildman–Crippen LogP) is 4.86. The van der Waals surface area contributed by atoms with Crippen LogP contribution in [-0.2, 0) is 16.1 Å². The minimum atomic E-state index is -0.135. The molecule has 0 spiro atoms. The highest BCUT2D eigenvalue weighted by Gasteiger charge is 2.16. The molecule has 0 aliphatic heterocycles. The molecule has 2 aromatic carbocycles. The standard InChI is InChI=1S/C22H27NO3/c1-17-12-13-20(21(14-17)26-15-18-8-4-2-5-9-18)23-22(24)16-25-19-10-6-3-7-11-19/h2,4-5,8-9,12-14,19H,3,6-7,10-11,15-16H2,1H3,(H,23,24). The molecule has 0 saturated heterocycles. The van der Waals surface area contributed by atoms with E-state index in [1.807, 2.05) is 55.5 Å². The van der Waals surface area contributed by atoms with E-state index in [1.54, 1.807) is 0 Å². The van der Waals surface area contributed by atoms with Crippen LogP contribution in [-0.4, -0.2) is 18.6 Å². The quantitative estimate of drug-likeness (QED) is 0.773. The largest absolute Gasteiger partial charge is 0.487 e. The van der Waals surface area contributed by atoms with Crippen molar-refractivity contribution in [3.05, 3.63) is 59.7 Å². The van der Waals surface area contributed by atoms with Crippen LogP contribution in [0.15, 0.2) is 48.5 Å². The Morgan fingerprint density at radius 3 is 2.62 bits per heavy atom. The summed E-state index contributed by atoms with van der Waals surface area (Å²) in [4.78, 5) is 12.3. The predicted molar refractivity (Wildman–Crippen MR) is 103 cm³/mol. The number of amides is 1. The number of carbonyl (C=O) groups is 1. The number of benzene rings is 2. The molecule has 0 heterocycles. The third kappa shape index (κ3) is 5.60. The molecule has 0 atom stereocenters. The molecule has 1 aliphatic carbocycles. The zero-order valence-electron chi connectivity index (χ0n) is 15.4. The van der Waals surface area contributed by atoms with Crippen LogP contribution in [0.25, 0.3) is 0 Å². The fraction of sp³-hybridized carbons (Fsp3) is 0.409. The van der Waals surface area contributed by atoms with Gasteiger partial charge in [0.25, 0.3) is 0 Å². The Kier molecular flexibility index (Phi) is 6.67. The fourth-order valence-corrected chi connectivity index (χ4v) is 3.20. The van der Waals surface area contributed by atoms with Gasteiger partial charge in [-0.3, -0.25) is 4.79 Å². The van der Waals surface area contributed by atoms with Crippen LogP contribution in [0.3, 0.4) is 0 Å². The van der Waals surface area contributed by atoms with Crippen LogP contribution >= 0.6 is 0 Å². The van der Waals surface area contributed by atoms with Gasteiger partial charge in [-0.25, -0.2) is 0 Å². The van der Waals surface area contributed by atoms with Crippen LogP contribution in [0.5, 0.6) is 5.75 Å². The Hall–Kier alpha value is -2.33. The van der Waals surface area contributed by atoms with Crippen LogP contribution in [0, 0.1) is 6.92 Å². The Morgan fingerprint density at radius 1 is 1.08 bits per heavy atom. The summed E-state index contributed by atoms with van der Waals surface area (Å²) in [6.45, 7) is 2.57. The molecule has 1 amide bonds. The van der Waals surface area contributed by atoms with Gasteiger partial charge in [0.15, 0.2) is 0 Å². The first-order valence-electron chi connectivity index (χ1n) is 9.39. The smallest absolute Gasteiger partial charge is 0.250 e. The van der Waals surface area contributed by atoms with Gasteiger partial charge in [-0.2, -0.15) is 0 Å². The van der Waals surface area contributed by atoms with E-state index in [2.05, 4.69) is 5.32 Å². The van der Waals surface area contributed by atoms with Gasteiger partial charge in [0.05, 0.1) is 11.8 Å². The van der Waals surface area contributed by atoms with E-state index < -0.39 is 0 Å². The van der Waals surface area contributed by atoms with E-state index in [4.69, 9.17) is 9.47 Å². The van der Waals surface area contributed by atoms with E-state index in [9.17, 15) is 4.79 Å². The maximum absolute atomic E-state index is 12.3. The topological polar surface area (TPSA) is 47.6 Å². The molecular formula is C22H27NO3. The summed E-state index contributed by atoms with van der Waals surface area (Å²) in [6, 6.07) is 15.8. The summed E-state index contributed by atoms with van der Waals surface area (Å²) >= 11 is 0. The minimum absolute atomic E-state index is 0.0939. The summed E-state index contributed by atoms with van der Waals surface area (Å²) < 4.78 is 11.7. The Bertz CT molecular complexity index is 709. The van der Waals surface area contributed by atoms with Gasteiger partial charge in [0.2, 0.25) is 5.91 Å². The molecule has 2 aromatic rings. The molecule has 138 valence electrons. The zero-order chi connectivity index (χ0) is 18.2. The summed E-state index contributed by atoms with van der Waals surface area (Å²) in [5.41, 5.74) is 2.86. The molecule has 0 radical (unpaired) electrons. The fourth-order valence-electron chi connectivity index (χ4n) is 3.20. The van der Waals surface area contributed by atoms with Crippen molar-refractivity contribution >= 4 is 11.6 Å². The Balaban J connectivity index is 1.56.